The van der Waals surface area contributed by atoms with Gasteiger partial charge in [-0.1, -0.05) is 19.1 Å². The SMILES string of the molecule is CCCNC(c1ccc(F)cc1)c1cnsn1. The molecule has 0 fully saturated rings. The Kier molecular flexibility index (Phi) is 4.17. The van der Waals surface area contributed by atoms with E-state index in [0.29, 0.717) is 0 Å². The fourth-order valence-corrected chi connectivity index (χ4v) is 2.09. The van der Waals surface area contributed by atoms with Gasteiger partial charge in [0, 0.05) is 0 Å². The summed E-state index contributed by atoms with van der Waals surface area (Å²) in [4.78, 5) is 0. The van der Waals surface area contributed by atoms with Gasteiger partial charge >= 0.3 is 0 Å². The van der Waals surface area contributed by atoms with Crippen molar-refractivity contribution >= 4 is 11.7 Å². The van der Waals surface area contributed by atoms with E-state index in [-0.39, 0.29) is 11.9 Å². The highest BCUT2D eigenvalue weighted by Gasteiger charge is 2.15. The van der Waals surface area contributed by atoms with Crippen molar-refractivity contribution in [3.63, 3.8) is 0 Å². The second-order valence-electron chi connectivity index (χ2n) is 3.77. The topological polar surface area (TPSA) is 37.8 Å². The lowest BCUT2D eigenvalue weighted by Crippen LogP contribution is -2.23. The number of benzene rings is 1. The molecule has 1 N–H and O–H groups in total. The fraction of sp³-hybridized carbons (Fsp3) is 0.333. The third-order valence-corrected chi connectivity index (χ3v) is 2.97. The van der Waals surface area contributed by atoms with Gasteiger partial charge < -0.3 is 5.32 Å². The highest BCUT2D eigenvalue weighted by Crippen LogP contribution is 2.20. The second kappa shape index (κ2) is 5.84. The molecule has 0 saturated carbocycles. The molecular formula is C12H14FN3S. The van der Waals surface area contributed by atoms with Crippen LogP contribution in [0.3, 0.4) is 0 Å². The van der Waals surface area contributed by atoms with Gasteiger partial charge in [-0.3, -0.25) is 0 Å². The third-order valence-electron chi connectivity index (χ3n) is 2.48. The van der Waals surface area contributed by atoms with Gasteiger partial charge in [0.15, 0.2) is 0 Å². The smallest absolute Gasteiger partial charge is 0.123 e. The predicted molar refractivity (Wildman–Crippen MR) is 66.4 cm³/mol. The highest BCUT2D eigenvalue weighted by atomic mass is 32.1. The lowest BCUT2D eigenvalue weighted by atomic mass is 10.0. The second-order valence-corrected chi connectivity index (χ2v) is 4.33. The Hall–Kier alpha value is -1.33. The van der Waals surface area contributed by atoms with E-state index in [9.17, 15) is 4.39 Å². The molecule has 5 heteroatoms. The van der Waals surface area contributed by atoms with Crippen LogP contribution in [-0.4, -0.2) is 15.3 Å². The number of nitrogens with zero attached hydrogens (tertiary/aromatic N) is 2. The van der Waals surface area contributed by atoms with Crippen molar-refractivity contribution in [2.24, 2.45) is 0 Å². The van der Waals surface area contributed by atoms with Crippen LogP contribution in [0.15, 0.2) is 30.5 Å². The molecule has 0 bridgehead atoms. The third kappa shape index (κ3) is 3.08. The van der Waals surface area contributed by atoms with E-state index >= 15 is 0 Å². The Morgan fingerprint density at radius 1 is 1.35 bits per heavy atom. The van der Waals surface area contributed by atoms with Crippen molar-refractivity contribution in [2.75, 3.05) is 6.54 Å². The molecule has 0 aliphatic carbocycles. The summed E-state index contributed by atoms with van der Waals surface area (Å²) in [5.41, 5.74) is 1.89. The molecule has 1 heterocycles. The molecule has 2 rings (SSSR count). The van der Waals surface area contributed by atoms with Crippen LogP contribution >= 0.6 is 11.7 Å². The summed E-state index contributed by atoms with van der Waals surface area (Å²) >= 11 is 1.19. The molecule has 0 spiro atoms. The van der Waals surface area contributed by atoms with Crippen LogP contribution in [0.5, 0.6) is 0 Å². The summed E-state index contributed by atoms with van der Waals surface area (Å²) in [6.07, 6.45) is 2.79. The average Bonchev–Trinajstić information content (AvgIpc) is 2.85. The van der Waals surface area contributed by atoms with Crippen molar-refractivity contribution in [1.82, 2.24) is 14.1 Å². The number of aromatic nitrogens is 2. The normalized spacial score (nSPS) is 12.6. The molecule has 0 amide bonds. The molecule has 17 heavy (non-hydrogen) atoms. The van der Waals surface area contributed by atoms with Crippen LogP contribution in [0.1, 0.15) is 30.6 Å². The van der Waals surface area contributed by atoms with E-state index in [4.69, 9.17) is 0 Å². The molecule has 1 aromatic carbocycles. The largest absolute Gasteiger partial charge is 0.305 e. The van der Waals surface area contributed by atoms with Crippen molar-refractivity contribution < 1.29 is 4.39 Å². The summed E-state index contributed by atoms with van der Waals surface area (Å²) in [6, 6.07) is 6.49. The minimum absolute atomic E-state index is 0.00528. The van der Waals surface area contributed by atoms with Gasteiger partial charge in [0.25, 0.3) is 0 Å². The minimum Gasteiger partial charge on any atom is -0.305 e. The Labute approximate surface area is 104 Å². The van der Waals surface area contributed by atoms with Crippen LogP contribution in [0.2, 0.25) is 0 Å². The molecule has 90 valence electrons. The zero-order chi connectivity index (χ0) is 12.1. The number of hydrogen-bond donors (Lipinski definition) is 1. The lowest BCUT2D eigenvalue weighted by molar-refractivity contribution is 0.585. The Balaban J connectivity index is 2.23. The Bertz CT molecular complexity index is 441. The number of rotatable bonds is 5. The summed E-state index contributed by atoms with van der Waals surface area (Å²) in [7, 11) is 0. The van der Waals surface area contributed by atoms with Gasteiger partial charge in [0.2, 0.25) is 0 Å². The van der Waals surface area contributed by atoms with Gasteiger partial charge in [-0.15, -0.1) is 0 Å². The molecule has 0 aliphatic heterocycles. The van der Waals surface area contributed by atoms with E-state index in [1.807, 2.05) is 0 Å². The van der Waals surface area contributed by atoms with Crippen LogP contribution in [0.25, 0.3) is 0 Å². The summed E-state index contributed by atoms with van der Waals surface area (Å²) in [5.74, 6) is -0.223. The van der Waals surface area contributed by atoms with Crippen molar-refractivity contribution in [1.29, 1.82) is 0 Å². The van der Waals surface area contributed by atoms with Crippen LogP contribution < -0.4 is 5.32 Å². The maximum Gasteiger partial charge on any atom is 0.123 e. The van der Waals surface area contributed by atoms with Crippen molar-refractivity contribution in [3.8, 4) is 0 Å². The van der Waals surface area contributed by atoms with E-state index in [1.165, 1.54) is 23.9 Å². The first-order valence-electron chi connectivity index (χ1n) is 5.57. The van der Waals surface area contributed by atoms with Gasteiger partial charge in [-0.2, -0.15) is 8.75 Å². The van der Waals surface area contributed by atoms with Crippen LogP contribution in [-0.2, 0) is 0 Å². The van der Waals surface area contributed by atoms with E-state index in [1.54, 1.807) is 18.3 Å². The summed E-state index contributed by atoms with van der Waals surface area (Å²) in [6.45, 7) is 2.99. The standard InChI is InChI=1S/C12H14FN3S/c1-2-7-14-12(11-8-15-17-16-11)9-3-5-10(13)6-4-9/h3-6,8,12,14H,2,7H2,1H3. The van der Waals surface area contributed by atoms with Crippen LogP contribution in [0.4, 0.5) is 4.39 Å². The Morgan fingerprint density at radius 3 is 2.71 bits per heavy atom. The molecule has 1 atom stereocenters. The summed E-state index contributed by atoms with van der Waals surface area (Å²) < 4.78 is 21.2. The van der Waals surface area contributed by atoms with E-state index in [0.717, 1.165) is 24.2 Å². The Morgan fingerprint density at radius 2 is 2.12 bits per heavy atom. The number of halogens is 1. The van der Waals surface area contributed by atoms with Crippen molar-refractivity contribution in [2.45, 2.75) is 19.4 Å². The van der Waals surface area contributed by atoms with Gasteiger partial charge in [0.05, 0.1) is 29.7 Å². The van der Waals surface area contributed by atoms with E-state index < -0.39 is 0 Å². The molecule has 1 unspecified atom stereocenters. The first kappa shape index (κ1) is 12.1. The zero-order valence-electron chi connectivity index (χ0n) is 9.56. The lowest BCUT2D eigenvalue weighted by Gasteiger charge is -2.16. The number of nitrogens with one attached hydrogen (secondary N) is 1. The molecule has 1 aromatic heterocycles. The average molecular weight is 251 g/mol. The minimum atomic E-state index is -0.223. The molecule has 3 nitrogen and oxygen atoms in total. The first-order chi connectivity index (χ1) is 8.31. The number of hydrogen-bond acceptors (Lipinski definition) is 4. The van der Waals surface area contributed by atoms with Crippen LogP contribution in [0, 0.1) is 5.82 Å². The first-order valence-corrected chi connectivity index (χ1v) is 6.30. The predicted octanol–water partition coefficient (Wildman–Crippen LogP) is 2.77. The van der Waals surface area contributed by atoms with Gasteiger partial charge in [0.1, 0.15) is 5.82 Å². The van der Waals surface area contributed by atoms with Crippen molar-refractivity contribution in [3.05, 3.63) is 47.5 Å². The molecular weight excluding hydrogens is 237 g/mol. The molecule has 0 aliphatic rings. The zero-order valence-corrected chi connectivity index (χ0v) is 10.4. The molecule has 2 aromatic rings. The monoisotopic (exact) mass is 251 g/mol. The maximum absolute atomic E-state index is 12.9. The molecule has 0 radical (unpaired) electrons. The highest BCUT2D eigenvalue weighted by molar-refractivity contribution is 6.99. The van der Waals surface area contributed by atoms with Gasteiger partial charge in [-0.05, 0) is 30.7 Å². The maximum atomic E-state index is 12.9. The summed E-state index contributed by atoms with van der Waals surface area (Å²) in [5, 5.41) is 3.39. The fourth-order valence-electron chi connectivity index (χ4n) is 1.64. The molecule has 0 saturated heterocycles. The quantitative estimate of drug-likeness (QED) is 0.888. The van der Waals surface area contributed by atoms with E-state index in [2.05, 4.69) is 21.0 Å². The van der Waals surface area contributed by atoms with Gasteiger partial charge in [-0.25, -0.2) is 4.39 Å².